The van der Waals surface area contributed by atoms with Crippen LogP contribution < -0.4 is 15.5 Å². The van der Waals surface area contributed by atoms with E-state index in [4.69, 9.17) is 0 Å². The number of benzene rings is 1. The number of quaternary nitrogens is 1. The third-order valence-corrected chi connectivity index (χ3v) is 4.99. The number of hydrogen-bond donors (Lipinski definition) is 3. The molecule has 0 aromatic heterocycles. The molecule has 2 fully saturated rings. The molecule has 10 heteroatoms. The number of hydrogen-bond acceptors (Lipinski definition) is 3. The van der Waals surface area contributed by atoms with Gasteiger partial charge < -0.3 is 20.4 Å². The van der Waals surface area contributed by atoms with E-state index >= 15 is 0 Å². The van der Waals surface area contributed by atoms with E-state index < -0.39 is 23.7 Å². The predicted molar refractivity (Wildman–Crippen MR) is 93.4 cm³/mol. The fourth-order valence-corrected chi connectivity index (χ4v) is 3.50. The molecule has 1 atom stereocenters. The second-order valence-corrected chi connectivity index (χ2v) is 7.00. The second-order valence-electron chi connectivity index (χ2n) is 7.00. The Kier molecular flexibility index (Phi) is 5.87. The van der Waals surface area contributed by atoms with E-state index in [0.29, 0.717) is 39.0 Å². The molecule has 0 spiro atoms. The van der Waals surface area contributed by atoms with Crippen molar-refractivity contribution in [2.24, 2.45) is 0 Å². The Morgan fingerprint density at radius 1 is 1.21 bits per heavy atom. The van der Waals surface area contributed by atoms with Gasteiger partial charge in [-0.1, -0.05) is 12.1 Å². The van der Waals surface area contributed by atoms with Crippen LogP contribution in [0.15, 0.2) is 24.3 Å². The van der Waals surface area contributed by atoms with Crippen molar-refractivity contribution in [2.45, 2.75) is 25.1 Å². The third-order valence-electron chi connectivity index (χ3n) is 4.99. The van der Waals surface area contributed by atoms with Crippen molar-refractivity contribution in [2.75, 3.05) is 38.0 Å². The Bertz CT molecular complexity index is 761. The van der Waals surface area contributed by atoms with E-state index in [-0.39, 0.29) is 24.0 Å². The molecule has 0 aliphatic carbocycles. The van der Waals surface area contributed by atoms with Gasteiger partial charge in [-0.3, -0.25) is 14.4 Å². The number of carbonyl (C=O) groups excluding carboxylic acids is 3. The highest BCUT2D eigenvalue weighted by atomic mass is 19.4. The smallest absolute Gasteiger partial charge is 0.344 e. The number of carbonyl (C=O) groups is 3. The normalized spacial score (nSPS) is 20.8. The average molecular weight is 399 g/mol. The Morgan fingerprint density at radius 2 is 1.89 bits per heavy atom. The van der Waals surface area contributed by atoms with Crippen LogP contribution in [0, 0.1) is 0 Å². The lowest BCUT2D eigenvalue weighted by Gasteiger charge is -2.33. The Labute approximate surface area is 159 Å². The summed E-state index contributed by atoms with van der Waals surface area (Å²) in [6.07, 6.45) is -3.70. The highest BCUT2D eigenvalue weighted by molar-refractivity contribution is 5.92. The van der Waals surface area contributed by atoms with E-state index in [1.54, 1.807) is 4.90 Å². The Morgan fingerprint density at radius 3 is 2.50 bits per heavy atom. The number of amides is 3. The molecule has 2 aliphatic rings. The number of alkyl halides is 3. The highest BCUT2D eigenvalue weighted by Crippen LogP contribution is 2.34. The van der Waals surface area contributed by atoms with Crippen LogP contribution in [0.1, 0.15) is 18.4 Å². The van der Waals surface area contributed by atoms with Crippen LogP contribution in [-0.2, 0) is 20.6 Å². The van der Waals surface area contributed by atoms with Crippen molar-refractivity contribution in [3.05, 3.63) is 29.8 Å². The summed E-state index contributed by atoms with van der Waals surface area (Å²) in [7, 11) is 0. The van der Waals surface area contributed by atoms with Crippen molar-refractivity contribution in [3.8, 4) is 0 Å². The second kappa shape index (κ2) is 8.17. The maximum atomic E-state index is 13.0. The minimum Gasteiger partial charge on any atom is -0.344 e. The fourth-order valence-electron chi connectivity index (χ4n) is 3.50. The third kappa shape index (κ3) is 4.80. The van der Waals surface area contributed by atoms with Gasteiger partial charge in [0.1, 0.15) is 6.04 Å². The summed E-state index contributed by atoms with van der Waals surface area (Å²) in [5.41, 5.74) is -1.14. The minimum atomic E-state index is -4.54. The first-order valence-electron chi connectivity index (χ1n) is 9.12. The standard InChI is InChI=1S/C18H21F3N4O3/c19-18(20,21)12-3-1-2-4-13(12)22-16(27)11-24-7-9-25(10-8-24)17(28)14-5-6-15(26)23-14/h1-4,14H,5-11H2,(H,22,27)(H,23,26)/p+1/t14-/m1/s1. The molecule has 7 nitrogen and oxygen atoms in total. The van der Waals surface area contributed by atoms with Gasteiger partial charge in [-0.2, -0.15) is 13.2 Å². The first kappa shape index (κ1) is 20.1. The zero-order chi connectivity index (χ0) is 20.3. The summed E-state index contributed by atoms with van der Waals surface area (Å²) in [5.74, 6) is -0.749. The highest BCUT2D eigenvalue weighted by Gasteiger charge is 2.35. The molecular formula is C18H22F3N4O3+. The zero-order valence-electron chi connectivity index (χ0n) is 15.1. The van der Waals surface area contributed by atoms with Crippen molar-refractivity contribution < 1.29 is 32.5 Å². The molecule has 0 bridgehead atoms. The molecule has 2 saturated heterocycles. The van der Waals surface area contributed by atoms with Gasteiger partial charge in [0, 0.05) is 6.42 Å². The van der Waals surface area contributed by atoms with E-state index in [1.165, 1.54) is 18.2 Å². The Hall–Kier alpha value is -2.62. The van der Waals surface area contributed by atoms with E-state index in [1.807, 2.05) is 0 Å². The summed E-state index contributed by atoms with van der Waals surface area (Å²) in [6.45, 7) is 1.93. The number of nitrogens with one attached hydrogen (secondary N) is 3. The molecule has 0 unspecified atom stereocenters. The van der Waals surface area contributed by atoms with Crippen LogP contribution in [0.5, 0.6) is 0 Å². The molecule has 152 valence electrons. The molecule has 1 aromatic carbocycles. The first-order valence-corrected chi connectivity index (χ1v) is 9.12. The largest absolute Gasteiger partial charge is 0.418 e. The van der Waals surface area contributed by atoms with Gasteiger partial charge in [0.25, 0.3) is 5.91 Å². The molecule has 3 N–H and O–H groups in total. The van der Waals surface area contributed by atoms with Crippen LogP contribution in [-0.4, -0.2) is 61.4 Å². The summed E-state index contributed by atoms with van der Waals surface area (Å²) in [6, 6.07) is 4.38. The average Bonchev–Trinajstić information content (AvgIpc) is 3.07. The molecule has 2 heterocycles. The van der Waals surface area contributed by atoms with Gasteiger partial charge in [0.2, 0.25) is 11.8 Å². The summed E-state index contributed by atoms with van der Waals surface area (Å²) >= 11 is 0. The van der Waals surface area contributed by atoms with Gasteiger partial charge in [-0.05, 0) is 18.6 Å². The van der Waals surface area contributed by atoms with E-state index in [0.717, 1.165) is 11.0 Å². The summed E-state index contributed by atoms with van der Waals surface area (Å²) in [4.78, 5) is 38.4. The minimum absolute atomic E-state index is 0.0222. The van der Waals surface area contributed by atoms with Crippen LogP contribution in [0.3, 0.4) is 0 Å². The fraction of sp³-hybridized carbons (Fsp3) is 0.500. The number of halogens is 3. The lowest BCUT2D eigenvalue weighted by molar-refractivity contribution is -0.895. The van der Waals surface area contributed by atoms with Crippen LogP contribution in [0.4, 0.5) is 18.9 Å². The topological polar surface area (TPSA) is 83.0 Å². The van der Waals surface area contributed by atoms with Gasteiger partial charge in [0.05, 0.1) is 37.4 Å². The van der Waals surface area contributed by atoms with Gasteiger partial charge in [-0.15, -0.1) is 0 Å². The first-order chi connectivity index (χ1) is 13.2. The number of rotatable bonds is 4. The van der Waals surface area contributed by atoms with E-state index in [2.05, 4.69) is 10.6 Å². The monoisotopic (exact) mass is 399 g/mol. The van der Waals surface area contributed by atoms with Crippen LogP contribution >= 0.6 is 0 Å². The van der Waals surface area contributed by atoms with Gasteiger partial charge >= 0.3 is 6.18 Å². The van der Waals surface area contributed by atoms with Crippen molar-refractivity contribution >= 4 is 23.4 Å². The lowest BCUT2D eigenvalue weighted by atomic mass is 10.1. The van der Waals surface area contributed by atoms with Crippen molar-refractivity contribution in [1.82, 2.24) is 10.2 Å². The van der Waals surface area contributed by atoms with Crippen LogP contribution in [0.25, 0.3) is 0 Å². The number of anilines is 1. The number of piperazine rings is 1. The van der Waals surface area contributed by atoms with Gasteiger partial charge in [-0.25, -0.2) is 0 Å². The molecule has 3 rings (SSSR count). The summed E-state index contributed by atoms with van der Waals surface area (Å²) < 4.78 is 39.0. The molecule has 0 saturated carbocycles. The van der Waals surface area contributed by atoms with Crippen molar-refractivity contribution in [3.63, 3.8) is 0 Å². The molecule has 2 aliphatic heterocycles. The van der Waals surface area contributed by atoms with E-state index in [9.17, 15) is 27.6 Å². The molecule has 3 amide bonds. The maximum Gasteiger partial charge on any atom is 0.418 e. The molecule has 28 heavy (non-hydrogen) atoms. The maximum absolute atomic E-state index is 13.0. The number of nitrogens with zero attached hydrogens (tertiary/aromatic N) is 1. The Balaban J connectivity index is 1.49. The molecule has 0 radical (unpaired) electrons. The molecule has 1 aromatic rings. The number of para-hydroxylation sites is 1. The zero-order valence-corrected chi connectivity index (χ0v) is 15.1. The summed E-state index contributed by atoms with van der Waals surface area (Å²) in [5, 5.41) is 4.99. The van der Waals surface area contributed by atoms with Crippen molar-refractivity contribution in [1.29, 1.82) is 0 Å². The predicted octanol–water partition coefficient (Wildman–Crippen LogP) is -0.350. The lowest BCUT2D eigenvalue weighted by Crippen LogP contribution is -3.15. The SMILES string of the molecule is O=C(C[NH+]1CCN(C(=O)[C@H]2CCC(=O)N2)CC1)Nc1ccccc1C(F)(F)F. The molecular weight excluding hydrogens is 377 g/mol. The van der Waals surface area contributed by atoms with Crippen LogP contribution in [0.2, 0.25) is 0 Å². The quantitative estimate of drug-likeness (QED) is 0.647. The van der Waals surface area contributed by atoms with Gasteiger partial charge in [0.15, 0.2) is 6.54 Å².